The molecule has 2 aromatic carbocycles. The zero-order chi connectivity index (χ0) is 18.1. The Kier molecular flexibility index (Phi) is 4.51. The van der Waals surface area contributed by atoms with E-state index in [-0.39, 0.29) is 31.1 Å². The van der Waals surface area contributed by atoms with Crippen molar-refractivity contribution in [3.63, 3.8) is 0 Å². The number of aliphatic hydroxyl groups excluding tert-OH is 1. The van der Waals surface area contributed by atoms with Crippen molar-refractivity contribution < 1.29 is 19.4 Å². The number of carbonyl (C=O) groups is 2. The van der Waals surface area contributed by atoms with Crippen molar-refractivity contribution in [2.24, 2.45) is 0 Å². The van der Waals surface area contributed by atoms with Gasteiger partial charge in [0, 0.05) is 6.54 Å². The summed E-state index contributed by atoms with van der Waals surface area (Å²) in [6, 6.07) is 13.0. The molecule has 0 spiro atoms. The molecule has 6 nitrogen and oxygen atoms in total. The molecule has 3 amide bonds. The maximum atomic E-state index is 12.4. The Labute approximate surface area is 152 Å². The van der Waals surface area contributed by atoms with E-state index in [2.05, 4.69) is 0 Å². The van der Waals surface area contributed by atoms with Gasteiger partial charge in [0.1, 0.15) is 24.5 Å². The van der Waals surface area contributed by atoms with Gasteiger partial charge in [-0.05, 0) is 42.2 Å². The van der Waals surface area contributed by atoms with Crippen molar-refractivity contribution in [2.75, 3.05) is 19.7 Å². The third-order valence-corrected chi connectivity index (χ3v) is 5.09. The van der Waals surface area contributed by atoms with E-state index in [0.29, 0.717) is 18.7 Å². The molecule has 2 atom stereocenters. The molecule has 1 N–H and O–H groups in total. The normalized spacial score (nSPS) is 21.2. The minimum atomic E-state index is -0.921. The number of β-amino-alcohol motifs (C(OH)–C–C–N with tert-alkyl or cyclic N) is 1. The summed E-state index contributed by atoms with van der Waals surface area (Å²) in [6.45, 7) is 0.619. The molecule has 2 fully saturated rings. The van der Waals surface area contributed by atoms with Crippen LogP contribution in [-0.4, -0.2) is 58.7 Å². The summed E-state index contributed by atoms with van der Waals surface area (Å²) in [6.07, 6.45) is 1.68. The average molecular weight is 354 g/mol. The standard InChI is InChI=1S/C20H22N2O4/c23-16(12-22-19(24)18-7-3-4-10-21(18)20(22)25)13-26-17-9-8-14-5-1-2-6-15(14)11-17/h1-2,5-6,8-9,11,16,18,23H,3-4,7,10,12-13H2. The Bertz CT molecular complexity index is 813. The third kappa shape index (κ3) is 3.12. The van der Waals surface area contributed by atoms with Crippen LogP contribution in [0.2, 0.25) is 0 Å². The highest BCUT2D eigenvalue weighted by molar-refractivity contribution is 6.04. The van der Waals surface area contributed by atoms with Crippen molar-refractivity contribution in [3.05, 3.63) is 42.5 Å². The molecule has 6 heteroatoms. The number of hydrogen-bond acceptors (Lipinski definition) is 4. The molecule has 0 bridgehead atoms. The second-order valence-corrected chi connectivity index (χ2v) is 6.91. The number of aliphatic hydroxyl groups is 1. The molecule has 2 unspecified atom stereocenters. The Hall–Kier alpha value is -2.60. The highest BCUT2D eigenvalue weighted by atomic mass is 16.5. The third-order valence-electron chi connectivity index (χ3n) is 5.09. The van der Waals surface area contributed by atoms with Gasteiger partial charge in [0.25, 0.3) is 5.91 Å². The molecule has 0 saturated carbocycles. The van der Waals surface area contributed by atoms with Crippen LogP contribution < -0.4 is 4.74 Å². The lowest BCUT2D eigenvalue weighted by Crippen LogP contribution is -2.40. The van der Waals surface area contributed by atoms with Gasteiger partial charge in [-0.2, -0.15) is 0 Å². The number of rotatable bonds is 5. The highest BCUT2D eigenvalue weighted by Gasteiger charge is 2.46. The molecule has 2 aromatic rings. The number of benzene rings is 2. The van der Waals surface area contributed by atoms with Gasteiger partial charge in [0.05, 0.1) is 6.54 Å². The fourth-order valence-electron chi connectivity index (χ4n) is 3.73. The minimum Gasteiger partial charge on any atom is -0.491 e. The number of urea groups is 1. The first-order valence-electron chi connectivity index (χ1n) is 9.05. The number of carbonyl (C=O) groups excluding carboxylic acids is 2. The largest absolute Gasteiger partial charge is 0.491 e. The summed E-state index contributed by atoms with van der Waals surface area (Å²) in [4.78, 5) is 27.6. The van der Waals surface area contributed by atoms with Crippen molar-refractivity contribution in [2.45, 2.75) is 31.4 Å². The van der Waals surface area contributed by atoms with Crippen LogP contribution in [0.4, 0.5) is 4.79 Å². The Morgan fingerprint density at radius 3 is 2.73 bits per heavy atom. The zero-order valence-electron chi connectivity index (χ0n) is 14.5. The summed E-state index contributed by atoms with van der Waals surface area (Å²) in [5, 5.41) is 12.4. The van der Waals surface area contributed by atoms with Crippen LogP contribution in [0.25, 0.3) is 10.8 Å². The van der Waals surface area contributed by atoms with Crippen molar-refractivity contribution in [1.82, 2.24) is 9.80 Å². The van der Waals surface area contributed by atoms with Crippen LogP contribution in [-0.2, 0) is 4.79 Å². The number of imide groups is 1. The van der Waals surface area contributed by atoms with Crippen LogP contribution in [0.3, 0.4) is 0 Å². The molecule has 0 radical (unpaired) electrons. The molecular formula is C20H22N2O4. The molecule has 0 aromatic heterocycles. The van der Waals surface area contributed by atoms with Crippen LogP contribution >= 0.6 is 0 Å². The van der Waals surface area contributed by atoms with Crippen LogP contribution in [0.1, 0.15) is 19.3 Å². The number of nitrogens with zero attached hydrogens (tertiary/aromatic N) is 2. The summed E-state index contributed by atoms with van der Waals surface area (Å²) in [5.41, 5.74) is 0. The first-order valence-corrected chi connectivity index (χ1v) is 9.05. The Balaban J connectivity index is 1.36. The lowest BCUT2D eigenvalue weighted by Gasteiger charge is -2.26. The average Bonchev–Trinajstić information content (AvgIpc) is 2.91. The number of ether oxygens (including phenoxy) is 1. The first kappa shape index (κ1) is 16.8. The topological polar surface area (TPSA) is 70.1 Å². The molecule has 0 aliphatic carbocycles. The number of amides is 3. The molecule has 2 heterocycles. The molecule has 136 valence electrons. The van der Waals surface area contributed by atoms with E-state index in [0.717, 1.165) is 23.6 Å². The van der Waals surface area contributed by atoms with E-state index in [4.69, 9.17) is 4.74 Å². The highest BCUT2D eigenvalue weighted by Crippen LogP contribution is 2.27. The van der Waals surface area contributed by atoms with Crippen LogP contribution in [0.15, 0.2) is 42.5 Å². The molecule has 2 aliphatic heterocycles. The predicted molar refractivity (Wildman–Crippen MR) is 96.9 cm³/mol. The predicted octanol–water partition coefficient (Wildman–Crippen LogP) is 2.40. The van der Waals surface area contributed by atoms with E-state index in [1.54, 1.807) is 4.90 Å². The van der Waals surface area contributed by atoms with Crippen LogP contribution in [0.5, 0.6) is 5.75 Å². The van der Waals surface area contributed by atoms with Gasteiger partial charge >= 0.3 is 6.03 Å². The van der Waals surface area contributed by atoms with E-state index in [1.165, 1.54) is 4.90 Å². The second-order valence-electron chi connectivity index (χ2n) is 6.91. The van der Waals surface area contributed by atoms with Gasteiger partial charge < -0.3 is 14.7 Å². The van der Waals surface area contributed by atoms with Gasteiger partial charge in [0.15, 0.2) is 0 Å². The summed E-state index contributed by atoms with van der Waals surface area (Å²) >= 11 is 0. The van der Waals surface area contributed by atoms with Gasteiger partial charge in [-0.3, -0.25) is 9.69 Å². The maximum Gasteiger partial charge on any atom is 0.327 e. The van der Waals surface area contributed by atoms with Gasteiger partial charge in [-0.25, -0.2) is 4.79 Å². The Morgan fingerprint density at radius 1 is 1.12 bits per heavy atom. The molecular weight excluding hydrogens is 332 g/mol. The number of hydrogen-bond donors (Lipinski definition) is 1. The summed E-state index contributed by atoms with van der Waals surface area (Å²) < 4.78 is 5.66. The van der Waals surface area contributed by atoms with Gasteiger partial charge in [-0.1, -0.05) is 30.3 Å². The lowest BCUT2D eigenvalue weighted by atomic mass is 10.0. The SMILES string of the molecule is O=C1C2CCCCN2C(=O)N1CC(O)COc1ccc2ccccc2c1. The second kappa shape index (κ2) is 6.96. The van der Waals surface area contributed by atoms with Crippen molar-refractivity contribution in [1.29, 1.82) is 0 Å². The fourth-order valence-corrected chi connectivity index (χ4v) is 3.73. The van der Waals surface area contributed by atoms with Crippen molar-refractivity contribution in [3.8, 4) is 5.75 Å². The fraction of sp³-hybridized carbons (Fsp3) is 0.400. The van der Waals surface area contributed by atoms with E-state index in [9.17, 15) is 14.7 Å². The molecule has 2 aliphatic rings. The number of piperidine rings is 1. The molecule has 4 rings (SSSR count). The maximum absolute atomic E-state index is 12.4. The zero-order valence-corrected chi connectivity index (χ0v) is 14.5. The van der Waals surface area contributed by atoms with E-state index >= 15 is 0 Å². The van der Waals surface area contributed by atoms with E-state index < -0.39 is 6.10 Å². The first-order chi connectivity index (χ1) is 12.6. The molecule has 26 heavy (non-hydrogen) atoms. The van der Waals surface area contributed by atoms with Crippen molar-refractivity contribution >= 4 is 22.7 Å². The Morgan fingerprint density at radius 2 is 1.92 bits per heavy atom. The quantitative estimate of drug-likeness (QED) is 0.837. The monoisotopic (exact) mass is 354 g/mol. The smallest absolute Gasteiger partial charge is 0.327 e. The van der Waals surface area contributed by atoms with Crippen LogP contribution in [0, 0.1) is 0 Å². The minimum absolute atomic E-state index is 0.0278. The number of fused-ring (bicyclic) bond motifs is 2. The summed E-state index contributed by atoms with van der Waals surface area (Å²) in [7, 11) is 0. The van der Waals surface area contributed by atoms with Gasteiger partial charge in [0.2, 0.25) is 0 Å². The van der Waals surface area contributed by atoms with E-state index in [1.807, 2.05) is 42.5 Å². The summed E-state index contributed by atoms with van der Waals surface area (Å²) in [5.74, 6) is 0.457. The molecule has 2 saturated heterocycles. The lowest BCUT2D eigenvalue weighted by molar-refractivity contribution is -0.129. The van der Waals surface area contributed by atoms with Gasteiger partial charge in [-0.15, -0.1) is 0 Å².